The second-order valence-corrected chi connectivity index (χ2v) is 11.7. The minimum Gasteiger partial charge on any atom is -0.492 e. The first-order valence-corrected chi connectivity index (χ1v) is 14.9. The first-order valence-electron chi connectivity index (χ1n) is 12.6. The molecule has 1 atom stereocenters. The van der Waals surface area contributed by atoms with Crippen molar-refractivity contribution in [3.05, 3.63) is 59.1 Å². The number of nitrogens with zero attached hydrogens (tertiary/aromatic N) is 2. The minimum absolute atomic E-state index is 0.0809. The Morgan fingerprint density at radius 1 is 1.11 bits per heavy atom. The third-order valence-electron chi connectivity index (χ3n) is 6.47. The quantitative estimate of drug-likeness (QED) is 0.449. The van der Waals surface area contributed by atoms with Crippen LogP contribution >= 0.6 is 11.6 Å². The van der Waals surface area contributed by atoms with Crippen molar-refractivity contribution < 1.29 is 22.7 Å². The highest BCUT2D eigenvalue weighted by molar-refractivity contribution is 7.92. The number of carbonyl (C=O) groups excluding carboxylic acids is 2. The SMILES string of the molecule is CCOc1ccccc1N(CC(=O)N(Cc1cccc(Cl)c1)[C@H](C)C(=O)NC1CCCCC1)S(C)(=O)=O. The van der Waals surface area contributed by atoms with E-state index in [2.05, 4.69) is 5.32 Å². The van der Waals surface area contributed by atoms with Crippen molar-refractivity contribution in [1.29, 1.82) is 0 Å². The largest absolute Gasteiger partial charge is 0.492 e. The number of rotatable bonds is 11. The summed E-state index contributed by atoms with van der Waals surface area (Å²) in [5.74, 6) is -0.418. The highest BCUT2D eigenvalue weighted by Gasteiger charge is 2.32. The van der Waals surface area contributed by atoms with E-state index in [9.17, 15) is 18.0 Å². The summed E-state index contributed by atoms with van der Waals surface area (Å²) >= 11 is 6.17. The van der Waals surface area contributed by atoms with Gasteiger partial charge in [0.05, 0.1) is 18.6 Å². The molecule has 1 saturated carbocycles. The van der Waals surface area contributed by atoms with Crippen LogP contribution in [-0.2, 0) is 26.2 Å². The molecular weight excluding hydrogens is 514 g/mol. The molecule has 10 heteroatoms. The van der Waals surface area contributed by atoms with Crippen LogP contribution in [0.15, 0.2) is 48.5 Å². The molecule has 202 valence electrons. The lowest BCUT2D eigenvalue weighted by Crippen LogP contribution is -2.53. The zero-order valence-electron chi connectivity index (χ0n) is 21.7. The summed E-state index contributed by atoms with van der Waals surface area (Å²) in [5.41, 5.74) is 1.00. The van der Waals surface area contributed by atoms with Gasteiger partial charge in [-0.15, -0.1) is 0 Å². The normalized spacial score (nSPS) is 15.0. The van der Waals surface area contributed by atoms with Crippen molar-refractivity contribution in [1.82, 2.24) is 10.2 Å². The Labute approximate surface area is 225 Å². The summed E-state index contributed by atoms with van der Waals surface area (Å²) in [5, 5.41) is 3.59. The Morgan fingerprint density at radius 3 is 2.46 bits per heavy atom. The molecule has 0 unspecified atom stereocenters. The van der Waals surface area contributed by atoms with Gasteiger partial charge in [0.2, 0.25) is 21.8 Å². The van der Waals surface area contributed by atoms with E-state index >= 15 is 0 Å². The minimum atomic E-state index is -3.85. The molecule has 3 rings (SSSR count). The first-order chi connectivity index (χ1) is 17.6. The van der Waals surface area contributed by atoms with Crippen LogP contribution in [0, 0.1) is 0 Å². The van der Waals surface area contributed by atoms with E-state index in [1.807, 2.05) is 6.07 Å². The lowest BCUT2D eigenvalue weighted by Gasteiger charge is -2.33. The molecule has 0 saturated heterocycles. The Balaban J connectivity index is 1.90. The van der Waals surface area contributed by atoms with Gasteiger partial charge in [0.1, 0.15) is 18.3 Å². The number of hydrogen-bond donors (Lipinski definition) is 1. The molecule has 0 aliphatic heterocycles. The van der Waals surface area contributed by atoms with Crippen molar-refractivity contribution in [2.24, 2.45) is 0 Å². The lowest BCUT2D eigenvalue weighted by atomic mass is 9.95. The number of carbonyl (C=O) groups is 2. The summed E-state index contributed by atoms with van der Waals surface area (Å²) in [4.78, 5) is 28.4. The third-order valence-corrected chi connectivity index (χ3v) is 7.84. The molecule has 0 heterocycles. The molecule has 37 heavy (non-hydrogen) atoms. The number of nitrogens with one attached hydrogen (secondary N) is 1. The van der Waals surface area contributed by atoms with Crippen LogP contribution in [-0.4, -0.2) is 56.6 Å². The number of amides is 2. The maximum atomic E-state index is 13.7. The van der Waals surface area contributed by atoms with Gasteiger partial charge in [0, 0.05) is 17.6 Å². The number of sulfonamides is 1. The smallest absolute Gasteiger partial charge is 0.244 e. The van der Waals surface area contributed by atoms with E-state index < -0.39 is 28.5 Å². The topological polar surface area (TPSA) is 96.0 Å². The second-order valence-electron chi connectivity index (χ2n) is 9.34. The fraction of sp³-hybridized carbons (Fsp3) is 0.481. The molecule has 1 N–H and O–H groups in total. The van der Waals surface area contributed by atoms with Crippen LogP contribution in [0.5, 0.6) is 5.75 Å². The van der Waals surface area contributed by atoms with Gasteiger partial charge in [-0.05, 0) is 56.5 Å². The van der Waals surface area contributed by atoms with Crippen LogP contribution in [0.4, 0.5) is 5.69 Å². The van der Waals surface area contributed by atoms with Gasteiger partial charge in [-0.3, -0.25) is 13.9 Å². The molecule has 2 aromatic carbocycles. The highest BCUT2D eigenvalue weighted by Crippen LogP contribution is 2.30. The fourth-order valence-electron chi connectivity index (χ4n) is 4.52. The standard InChI is InChI=1S/C27H36ClN3O5S/c1-4-36-25-16-9-8-15-24(25)31(37(3,34)35)19-26(32)30(18-21-11-10-12-22(28)17-21)20(2)27(33)29-23-13-6-5-7-14-23/h8-12,15-17,20,23H,4-7,13-14,18-19H2,1-3H3,(H,29,33)/t20-/m1/s1. The maximum Gasteiger partial charge on any atom is 0.244 e. The van der Waals surface area contributed by atoms with E-state index in [4.69, 9.17) is 16.3 Å². The zero-order chi connectivity index (χ0) is 27.0. The van der Waals surface area contributed by atoms with Gasteiger partial charge >= 0.3 is 0 Å². The predicted molar refractivity (Wildman–Crippen MR) is 146 cm³/mol. The molecule has 2 aromatic rings. The molecule has 0 radical (unpaired) electrons. The second kappa shape index (κ2) is 13.1. The van der Waals surface area contributed by atoms with Gasteiger partial charge in [0.15, 0.2) is 0 Å². The fourth-order valence-corrected chi connectivity index (χ4v) is 5.58. The Bertz CT molecular complexity index is 1180. The summed E-state index contributed by atoms with van der Waals surface area (Å²) < 4.78 is 32.3. The number of halogens is 1. The van der Waals surface area contributed by atoms with E-state index in [0.29, 0.717) is 17.4 Å². The Kier molecular flexibility index (Phi) is 10.2. The average Bonchev–Trinajstić information content (AvgIpc) is 2.86. The van der Waals surface area contributed by atoms with Crippen molar-refractivity contribution in [3.63, 3.8) is 0 Å². The molecule has 1 aliphatic carbocycles. The molecule has 8 nitrogen and oxygen atoms in total. The van der Waals surface area contributed by atoms with Gasteiger partial charge in [-0.2, -0.15) is 0 Å². The molecular formula is C27H36ClN3O5S. The molecule has 0 bridgehead atoms. The zero-order valence-corrected chi connectivity index (χ0v) is 23.2. The monoisotopic (exact) mass is 549 g/mol. The number of benzene rings is 2. The predicted octanol–water partition coefficient (Wildman–Crippen LogP) is 4.37. The van der Waals surface area contributed by atoms with E-state index in [0.717, 1.165) is 48.2 Å². The van der Waals surface area contributed by atoms with Gasteiger partial charge in [-0.25, -0.2) is 8.42 Å². The average molecular weight is 550 g/mol. The maximum absolute atomic E-state index is 13.7. The van der Waals surface area contributed by atoms with Gasteiger partial charge in [0.25, 0.3) is 0 Å². The number of anilines is 1. The van der Waals surface area contributed by atoms with Crippen molar-refractivity contribution in [2.75, 3.05) is 23.7 Å². The number of ether oxygens (including phenoxy) is 1. The third kappa shape index (κ3) is 8.10. The van der Waals surface area contributed by atoms with E-state index in [-0.39, 0.29) is 24.2 Å². The van der Waals surface area contributed by atoms with Crippen LogP contribution in [0.3, 0.4) is 0 Å². The summed E-state index contributed by atoms with van der Waals surface area (Å²) in [6.07, 6.45) is 6.16. The van der Waals surface area contributed by atoms with Crippen LogP contribution in [0.25, 0.3) is 0 Å². The van der Waals surface area contributed by atoms with Gasteiger partial charge in [-0.1, -0.05) is 55.1 Å². The first kappa shape index (κ1) is 28.8. The summed E-state index contributed by atoms with van der Waals surface area (Å²) in [7, 11) is -3.85. The van der Waals surface area contributed by atoms with Crippen LogP contribution in [0.1, 0.15) is 51.5 Å². The Hall–Kier alpha value is -2.78. The summed E-state index contributed by atoms with van der Waals surface area (Å²) in [6.45, 7) is 3.42. The van der Waals surface area contributed by atoms with Gasteiger partial charge < -0.3 is 15.0 Å². The van der Waals surface area contributed by atoms with Crippen molar-refractivity contribution in [2.45, 2.75) is 64.6 Å². The van der Waals surface area contributed by atoms with Crippen LogP contribution < -0.4 is 14.4 Å². The number of para-hydroxylation sites is 2. The summed E-state index contributed by atoms with van der Waals surface area (Å²) in [6, 6.07) is 13.0. The van der Waals surface area contributed by atoms with Crippen molar-refractivity contribution >= 4 is 39.1 Å². The molecule has 1 aliphatic rings. The Morgan fingerprint density at radius 2 is 1.81 bits per heavy atom. The number of hydrogen-bond acceptors (Lipinski definition) is 5. The molecule has 2 amide bonds. The molecule has 1 fully saturated rings. The van der Waals surface area contributed by atoms with Crippen molar-refractivity contribution in [3.8, 4) is 5.75 Å². The van der Waals surface area contributed by atoms with E-state index in [1.54, 1.807) is 56.3 Å². The molecule has 0 spiro atoms. The molecule has 0 aromatic heterocycles. The van der Waals surface area contributed by atoms with Crippen LogP contribution in [0.2, 0.25) is 5.02 Å². The van der Waals surface area contributed by atoms with E-state index in [1.165, 1.54) is 4.90 Å². The lowest BCUT2D eigenvalue weighted by molar-refractivity contribution is -0.139. The highest BCUT2D eigenvalue weighted by atomic mass is 35.5.